The number of aliphatic hydroxyl groups is 1. The summed E-state index contributed by atoms with van der Waals surface area (Å²) in [6.45, 7) is 0. The highest BCUT2D eigenvalue weighted by molar-refractivity contribution is 9.10. The monoisotopic (exact) mass is 230 g/mol. The van der Waals surface area contributed by atoms with Gasteiger partial charge in [0.1, 0.15) is 5.76 Å². The summed E-state index contributed by atoms with van der Waals surface area (Å²) in [5.41, 5.74) is -0.362. The minimum absolute atomic E-state index is 0.362. The van der Waals surface area contributed by atoms with Crippen molar-refractivity contribution in [1.29, 1.82) is 0 Å². The summed E-state index contributed by atoms with van der Waals surface area (Å²) in [7, 11) is 0. The predicted octanol–water partition coefficient (Wildman–Crippen LogP) is 2.50. The second-order valence-corrected chi connectivity index (χ2v) is 4.21. The van der Waals surface area contributed by atoms with E-state index in [0.29, 0.717) is 0 Å². The lowest BCUT2D eigenvalue weighted by Gasteiger charge is -2.03. The molecule has 0 aliphatic heterocycles. The highest BCUT2D eigenvalue weighted by atomic mass is 79.9. The van der Waals surface area contributed by atoms with E-state index in [-0.39, 0.29) is 5.60 Å². The highest BCUT2D eigenvalue weighted by Crippen LogP contribution is 2.39. The number of aryl methyl sites for hydroxylation is 1. The van der Waals surface area contributed by atoms with Crippen LogP contribution in [0.1, 0.15) is 25.0 Å². The summed E-state index contributed by atoms with van der Waals surface area (Å²) in [4.78, 5) is 0. The van der Waals surface area contributed by atoms with Crippen LogP contribution in [0.2, 0.25) is 0 Å². The first kappa shape index (κ1) is 8.32. The van der Waals surface area contributed by atoms with E-state index < -0.39 is 0 Å². The van der Waals surface area contributed by atoms with Gasteiger partial charge in [-0.3, -0.25) is 0 Å². The van der Waals surface area contributed by atoms with Crippen molar-refractivity contribution in [1.82, 2.24) is 0 Å². The summed E-state index contributed by atoms with van der Waals surface area (Å²) >= 11 is 3.24. The molecule has 0 bridgehead atoms. The molecule has 12 heavy (non-hydrogen) atoms. The molecule has 0 spiro atoms. The molecule has 0 unspecified atom stereocenters. The quantitative estimate of drug-likeness (QED) is 0.866. The first-order valence-electron chi connectivity index (χ1n) is 4.15. The first-order chi connectivity index (χ1) is 5.68. The highest BCUT2D eigenvalue weighted by Gasteiger charge is 2.39. The summed E-state index contributed by atoms with van der Waals surface area (Å²) < 4.78 is 6.08. The van der Waals surface area contributed by atoms with Gasteiger partial charge in [0.25, 0.3) is 0 Å². The van der Waals surface area contributed by atoms with Crippen molar-refractivity contribution in [3.63, 3.8) is 0 Å². The molecule has 0 radical (unpaired) electrons. The Kier molecular flexibility index (Phi) is 2.00. The zero-order valence-corrected chi connectivity index (χ0v) is 8.30. The minimum Gasteiger partial charge on any atom is -0.454 e. The molecular weight excluding hydrogens is 220 g/mol. The second-order valence-electron chi connectivity index (χ2n) is 3.43. The Morgan fingerprint density at radius 2 is 2.25 bits per heavy atom. The van der Waals surface area contributed by atoms with Crippen LogP contribution in [0.25, 0.3) is 0 Å². The molecule has 1 aliphatic carbocycles. The van der Waals surface area contributed by atoms with E-state index in [0.717, 1.165) is 36.1 Å². The lowest BCUT2D eigenvalue weighted by molar-refractivity contribution is 0.138. The fraction of sp³-hybridized carbons (Fsp3) is 0.556. The molecule has 2 rings (SSSR count). The van der Waals surface area contributed by atoms with Crippen LogP contribution < -0.4 is 0 Å². The van der Waals surface area contributed by atoms with Crippen LogP contribution in [0.15, 0.2) is 21.2 Å². The molecule has 1 heterocycles. The smallest absolute Gasteiger partial charge is 0.169 e. The Morgan fingerprint density at radius 3 is 2.75 bits per heavy atom. The van der Waals surface area contributed by atoms with Crippen LogP contribution in [-0.4, -0.2) is 10.7 Å². The van der Waals surface area contributed by atoms with Gasteiger partial charge in [-0.25, -0.2) is 0 Å². The van der Waals surface area contributed by atoms with Crippen LogP contribution in [-0.2, 0) is 6.42 Å². The maximum absolute atomic E-state index is 9.54. The van der Waals surface area contributed by atoms with Gasteiger partial charge in [0.15, 0.2) is 4.67 Å². The predicted molar refractivity (Wildman–Crippen MR) is 48.9 cm³/mol. The van der Waals surface area contributed by atoms with Gasteiger partial charge in [-0.2, -0.15) is 0 Å². The van der Waals surface area contributed by atoms with Gasteiger partial charge in [-0.15, -0.1) is 0 Å². The van der Waals surface area contributed by atoms with E-state index in [1.165, 1.54) is 0 Å². The Balaban J connectivity index is 1.87. The van der Waals surface area contributed by atoms with Gasteiger partial charge >= 0.3 is 0 Å². The summed E-state index contributed by atoms with van der Waals surface area (Å²) in [5.74, 6) is 0.946. The number of hydrogen-bond donors (Lipinski definition) is 1. The average molecular weight is 231 g/mol. The van der Waals surface area contributed by atoms with Gasteiger partial charge in [-0.1, -0.05) is 0 Å². The van der Waals surface area contributed by atoms with E-state index in [4.69, 9.17) is 4.42 Å². The minimum atomic E-state index is -0.362. The molecule has 0 aromatic carbocycles. The van der Waals surface area contributed by atoms with Crippen LogP contribution in [0.4, 0.5) is 0 Å². The first-order valence-corrected chi connectivity index (χ1v) is 4.94. The lowest BCUT2D eigenvalue weighted by atomic mass is 10.1. The van der Waals surface area contributed by atoms with Crippen molar-refractivity contribution in [2.24, 2.45) is 0 Å². The van der Waals surface area contributed by atoms with Gasteiger partial charge in [0.2, 0.25) is 0 Å². The molecular formula is C9H11BrO2. The molecule has 3 heteroatoms. The van der Waals surface area contributed by atoms with E-state index in [1.807, 2.05) is 12.1 Å². The number of rotatable bonds is 3. The van der Waals surface area contributed by atoms with Gasteiger partial charge in [0, 0.05) is 6.42 Å². The van der Waals surface area contributed by atoms with Crippen molar-refractivity contribution < 1.29 is 9.52 Å². The van der Waals surface area contributed by atoms with Crippen molar-refractivity contribution in [2.45, 2.75) is 31.3 Å². The van der Waals surface area contributed by atoms with Crippen molar-refractivity contribution >= 4 is 15.9 Å². The third-order valence-electron chi connectivity index (χ3n) is 2.29. The largest absolute Gasteiger partial charge is 0.454 e. The van der Waals surface area contributed by atoms with Crippen LogP contribution >= 0.6 is 15.9 Å². The zero-order valence-electron chi connectivity index (χ0n) is 6.72. The Bertz CT molecular complexity index is 276. The average Bonchev–Trinajstić information content (AvgIpc) is 2.60. The van der Waals surface area contributed by atoms with Gasteiger partial charge in [0.05, 0.1) is 5.60 Å². The maximum atomic E-state index is 9.54. The topological polar surface area (TPSA) is 33.4 Å². The molecule has 1 N–H and O–H groups in total. The van der Waals surface area contributed by atoms with Crippen LogP contribution in [0.3, 0.4) is 0 Å². The maximum Gasteiger partial charge on any atom is 0.169 e. The Morgan fingerprint density at radius 1 is 1.50 bits per heavy atom. The molecule has 66 valence electrons. The molecule has 1 saturated carbocycles. The lowest BCUT2D eigenvalue weighted by Crippen LogP contribution is -2.07. The van der Waals surface area contributed by atoms with Crippen LogP contribution in [0, 0.1) is 0 Å². The Hall–Kier alpha value is -0.280. The normalized spacial score (nSPS) is 19.5. The molecule has 1 aromatic heterocycles. The number of furan rings is 1. The Labute approximate surface area is 79.7 Å². The van der Waals surface area contributed by atoms with Gasteiger partial charge < -0.3 is 9.52 Å². The van der Waals surface area contributed by atoms with Crippen molar-refractivity contribution in [2.75, 3.05) is 0 Å². The SMILES string of the molecule is OC1(CCc2ccc(Br)o2)CC1. The van der Waals surface area contributed by atoms with Crippen molar-refractivity contribution in [3.05, 3.63) is 22.6 Å². The summed E-state index contributed by atoms with van der Waals surface area (Å²) in [5, 5.41) is 9.54. The van der Waals surface area contributed by atoms with Crippen molar-refractivity contribution in [3.8, 4) is 0 Å². The fourth-order valence-electron chi connectivity index (χ4n) is 1.24. The van der Waals surface area contributed by atoms with E-state index >= 15 is 0 Å². The molecule has 1 fully saturated rings. The molecule has 0 amide bonds. The summed E-state index contributed by atoms with van der Waals surface area (Å²) in [6, 6.07) is 3.82. The van der Waals surface area contributed by atoms with E-state index in [2.05, 4.69) is 15.9 Å². The third kappa shape index (κ3) is 1.90. The summed E-state index contributed by atoms with van der Waals surface area (Å²) in [6.07, 6.45) is 3.57. The fourth-order valence-corrected chi connectivity index (χ4v) is 1.58. The number of hydrogen-bond acceptors (Lipinski definition) is 2. The molecule has 0 saturated heterocycles. The molecule has 2 nitrogen and oxygen atoms in total. The van der Waals surface area contributed by atoms with E-state index in [9.17, 15) is 5.11 Å². The second kappa shape index (κ2) is 2.89. The molecule has 1 aromatic rings. The zero-order chi connectivity index (χ0) is 8.60. The third-order valence-corrected chi connectivity index (χ3v) is 2.72. The van der Waals surface area contributed by atoms with E-state index in [1.54, 1.807) is 0 Å². The number of halogens is 1. The molecule has 1 aliphatic rings. The van der Waals surface area contributed by atoms with Gasteiger partial charge in [-0.05, 0) is 47.3 Å². The molecule has 0 atom stereocenters. The standard InChI is InChI=1S/C9H11BrO2/c10-8-2-1-7(12-8)3-4-9(11)5-6-9/h1-2,11H,3-6H2. The van der Waals surface area contributed by atoms with Crippen LogP contribution in [0.5, 0.6) is 0 Å².